The lowest BCUT2D eigenvalue weighted by Crippen LogP contribution is -2.28. The van der Waals surface area contributed by atoms with Crippen LogP contribution in [0, 0.1) is 17.2 Å². The molecular formula is C11H13N5O. The number of nitriles is 1. The second kappa shape index (κ2) is 4.29. The molecule has 6 heteroatoms. The summed E-state index contributed by atoms with van der Waals surface area (Å²) in [7, 11) is 0. The summed E-state index contributed by atoms with van der Waals surface area (Å²) in [6.45, 7) is 1.19. The number of hydrogen-bond acceptors (Lipinski definition) is 5. The molecule has 2 rings (SSSR count). The molecule has 4 N–H and O–H groups in total. The largest absolute Gasteiger partial charge is 0.397 e. The Morgan fingerprint density at radius 1 is 1.65 bits per heavy atom. The second-order valence-electron chi connectivity index (χ2n) is 4.09. The molecule has 0 radical (unpaired) electrons. The van der Waals surface area contributed by atoms with Gasteiger partial charge in [0.1, 0.15) is 11.9 Å². The summed E-state index contributed by atoms with van der Waals surface area (Å²) in [4.78, 5) is 17.1. The number of primary amides is 1. The van der Waals surface area contributed by atoms with Crippen LogP contribution in [0.2, 0.25) is 0 Å². The average molecular weight is 231 g/mol. The van der Waals surface area contributed by atoms with E-state index in [1.54, 1.807) is 6.07 Å². The Kier molecular flexibility index (Phi) is 2.83. The van der Waals surface area contributed by atoms with Crippen molar-refractivity contribution in [1.29, 1.82) is 5.26 Å². The summed E-state index contributed by atoms with van der Waals surface area (Å²) >= 11 is 0. The summed E-state index contributed by atoms with van der Waals surface area (Å²) in [5.74, 6) is 0.104. The van der Waals surface area contributed by atoms with Gasteiger partial charge < -0.3 is 16.4 Å². The van der Waals surface area contributed by atoms with Crippen molar-refractivity contribution in [2.45, 2.75) is 6.42 Å². The molecule has 0 saturated carbocycles. The van der Waals surface area contributed by atoms with Crippen LogP contribution in [-0.4, -0.2) is 24.0 Å². The zero-order valence-corrected chi connectivity index (χ0v) is 9.26. The lowest BCUT2D eigenvalue weighted by molar-refractivity contribution is -0.121. The van der Waals surface area contributed by atoms with E-state index in [4.69, 9.17) is 16.7 Å². The molecule has 1 saturated heterocycles. The summed E-state index contributed by atoms with van der Waals surface area (Å²) in [5.41, 5.74) is 11.7. The molecule has 0 aromatic carbocycles. The van der Waals surface area contributed by atoms with Gasteiger partial charge in [0, 0.05) is 13.1 Å². The molecule has 17 heavy (non-hydrogen) atoms. The van der Waals surface area contributed by atoms with Crippen LogP contribution in [0.25, 0.3) is 0 Å². The van der Waals surface area contributed by atoms with Crippen LogP contribution in [0.4, 0.5) is 11.5 Å². The van der Waals surface area contributed by atoms with Gasteiger partial charge in [0.05, 0.1) is 23.4 Å². The molecule has 6 nitrogen and oxygen atoms in total. The topological polar surface area (TPSA) is 109 Å². The molecule has 0 bridgehead atoms. The SMILES string of the molecule is N#Cc1cc(N)cnc1N1CCC(C(N)=O)C1. The van der Waals surface area contributed by atoms with Gasteiger partial charge in [-0.3, -0.25) is 4.79 Å². The summed E-state index contributed by atoms with van der Waals surface area (Å²) in [6.07, 6.45) is 2.21. The van der Waals surface area contributed by atoms with Crippen molar-refractivity contribution in [2.75, 3.05) is 23.7 Å². The molecule has 1 aromatic rings. The number of hydrogen-bond donors (Lipinski definition) is 2. The van der Waals surface area contributed by atoms with E-state index in [1.807, 2.05) is 4.90 Å². The first kappa shape index (κ1) is 11.2. The predicted octanol–water partition coefficient (Wildman–Crippen LogP) is -0.153. The third kappa shape index (κ3) is 2.13. The zero-order chi connectivity index (χ0) is 12.4. The molecule has 0 aliphatic carbocycles. The molecule has 0 spiro atoms. The Balaban J connectivity index is 2.25. The van der Waals surface area contributed by atoms with Crippen molar-refractivity contribution in [1.82, 2.24) is 4.98 Å². The molecule has 2 heterocycles. The smallest absolute Gasteiger partial charge is 0.222 e. The lowest BCUT2D eigenvalue weighted by atomic mass is 10.1. The standard InChI is InChI=1S/C11H13N5O/c12-4-8-3-9(13)5-15-11(8)16-2-1-7(6-16)10(14)17/h3,5,7H,1-2,6,13H2,(H2,14,17). The van der Waals surface area contributed by atoms with Crippen molar-refractivity contribution in [3.63, 3.8) is 0 Å². The number of nitrogens with zero attached hydrogens (tertiary/aromatic N) is 3. The van der Waals surface area contributed by atoms with E-state index in [2.05, 4.69) is 11.1 Å². The Hall–Kier alpha value is -2.29. The molecule has 1 unspecified atom stereocenters. The summed E-state index contributed by atoms with van der Waals surface area (Å²) < 4.78 is 0. The van der Waals surface area contributed by atoms with Gasteiger partial charge in [-0.15, -0.1) is 0 Å². The van der Waals surface area contributed by atoms with Crippen LogP contribution in [-0.2, 0) is 4.79 Å². The van der Waals surface area contributed by atoms with Crippen molar-refractivity contribution >= 4 is 17.4 Å². The monoisotopic (exact) mass is 231 g/mol. The molecule has 1 amide bonds. The number of pyridine rings is 1. The van der Waals surface area contributed by atoms with Crippen molar-refractivity contribution < 1.29 is 4.79 Å². The Labute approximate surface area is 98.8 Å². The fraction of sp³-hybridized carbons (Fsp3) is 0.364. The van der Waals surface area contributed by atoms with E-state index in [0.717, 1.165) is 0 Å². The maximum Gasteiger partial charge on any atom is 0.222 e. The molecule has 1 aliphatic rings. The number of rotatable bonds is 2. The highest BCUT2D eigenvalue weighted by atomic mass is 16.1. The number of carbonyl (C=O) groups is 1. The number of amides is 1. The van der Waals surface area contributed by atoms with Gasteiger partial charge in [-0.05, 0) is 12.5 Å². The van der Waals surface area contributed by atoms with Crippen LogP contribution >= 0.6 is 0 Å². The summed E-state index contributed by atoms with van der Waals surface area (Å²) in [5, 5.41) is 9.01. The lowest BCUT2D eigenvalue weighted by Gasteiger charge is -2.18. The van der Waals surface area contributed by atoms with E-state index < -0.39 is 0 Å². The minimum atomic E-state index is -0.304. The van der Waals surface area contributed by atoms with E-state index in [9.17, 15) is 4.79 Å². The highest BCUT2D eigenvalue weighted by Gasteiger charge is 2.28. The van der Waals surface area contributed by atoms with Crippen LogP contribution in [0.5, 0.6) is 0 Å². The van der Waals surface area contributed by atoms with E-state index in [1.165, 1.54) is 6.20 Å². The average Bonchev–Trinajstić information content (AvgIpc) is 2.78. The van der Waals surface area contributed by atoms with Crippen molar-refractivity contribution in [3.8, 4) is 6.07 Å². The number of carbonyl (C=O) groups excluding carboxylic acids is 1. The molecule has 88 valence electrons. The van der Waals surface area contributed by atoms with Gasteiger partial charge in [0.15, 0.2) is 0 Å². The first-order valence-electron chi connectivity index (χ1n) is 5.31. The third-order valence-corrected chi connectivity index (χ3v) is 2.90. The fourth-order valence-corrected chi connectivity index (χ4v) is 1.99. The van der Waals surface area contributed by atoms with Gasteiger partial charge in [-0.25, -0.2) is 4.98 Å². The minimum Gasteiger partial charge on any atom is -0.397 e. The van der Waals surface area contributed by atoms with Crippen molar-refractivity contribution in [2.24, 2.45) is 11.7 Å². The normalized spacial score (nSPS) is 19.0. The van der Waals surface area contributed by atoms with E-state index >= 15 is 0 Å². The molecule has 1 atom stereocenters. The molecule has 1 fully saturated rings. The molecule has 1 aliphatic heterocycles. The van der Waals surface area contributed by atoms with Gasteiger partial charge in [-0.2, -0.15) is 5.26 Å². The maximum absolute atomic E-state index is 11.1. The van der Waals surface area contributed by atoms with Crippen LogP contribution < -0.4 is 16.4 Å². The van der Waals surface area contributed by atoms with Gasteiger partial charge >= 0.3 is 0 Å². The van der Waals surface area contributed by atoms with Gasteiger partial charge in [0.2, 0.25) is 5.91 Å². The second-order valence-corrected chi connectivity index (χ2v) is 4.09. The van der Waals surface area contributed by atoms with Crippen molar-refractivity contribution in [3.05, 3.63) is 17.8 Å². The van der Waals surface area contributed by atoms with Gasteiger partial charge in [0.25, 0.3) is 0 Å². The zero-order valence-electron chi connectivity index (χ0n) is 9.26. The van der Waals surface area contributed by atoms with Crippen LogP contribution in [0.15, 0.2) is 12.3 Å². The van der Waals surface area contributed by atoms with E-state index in [0.29, 0.717) is 36.6 Å². The Morgan fingerprint density at radius 3 is 3.00 bits per heavy atom. The number of nitrogen functional groups attached to an aromatic ring is 1. The first-order valence-corrected chi connectivity index (χ1v) is 5.31. The minimum absolute atomic E-state index is 0.166. The fourth-order valence-electron chi connectivity index (χ4n) is 1.99. The molecular weight excluding hydrogens is 218 g/mol. The third-order valence-electron chi connectivity index (χ3n) is 2.90. The highest BCUT2D eigenvalue weighted by Crippen LogP contribution is 2.25. The quantitative estimate of drug-likeness (QED) is 0.735. The van der Waals surface area contributed by atoms with Crippen LogP contribution in [0.3, 0.4) is 0 Å². The predicted molar refractivity (Wildman–Crippen MR) is 62.9 cm³/mol. The number of aromatic nitrogens is 1. The summed E-state index contributed by atoms with van der Waals surface area (Å²) in [6, 6.07) is 3.64. The number of anilines is 2. The Bertz CT molecular complexity index is 493. The first-order chi connectivity index (χ1) is 8.11. The Morgan fingerprint density at radius 2 is 2.41 bits per heavy atom. The molecule has 1 aromatic heterocycles. The maximum atomic E-state index is 11.1. The van der Waals surface area contributed by atoms with Crippen LogP contribution in [0.1, 0.15) is 12.0 Å². The van der Waals surface area contributed by atoms with Gasteiger partial charge in [-0.1, -0.05) is 0 Å². The van der Waals surface area contributed by atoms with E-state index in [-0.39, 0.29) is 11.8 Å². The number of nitrogens with two attached hydrogens (primary N) is 2. The highest BCUT2D eigenvalue weighted by molar-refractivity contribution is 5.78.